The summed E-state index contributed by atoms with van der Waals surface area (Å²) in [7, 11) is -3.72. The molecule has 144 valence electrons. The number of sulfonamides is 1. The van der Waals surface area contributed by atoms with E-state index < -0.39 is 53.0 Å². The molecule has 2 N–H and O–H groups in total. The Bertz CT molecular complexity index is 853. The van der Waals surface area contributed by atoms with Crippen LogP contribution in [0.5, 0.6) is 0 Å². The van der Waals surface area contributed by atoms with Gasteiger partial charge in [-0.25, -0.2) is 8.42 Å². The third kappa shape index (κ3) is 3.76. The van der Waals surface area contributed by atoms with E-state index in [9.17, 15) is 31.2 Å². The second-order valence-corrected chi connectivity index (χ2v) is 8.03. The lowest BCUT2D eigenvalue weighted by molar-refractivity contribution is -0.227. The summed E-state index contributed by atoms with van der Waals surface area (Å²) in [5.74, 6) is -2.91. The second-order valence-electron chi connectivity index (χ2n) is 6.28. The number of carboxylic acid groups (broad SMARTS) is 1. The van der Waals surface area contributed by atoms with E-state index in [1.54, 1.807) is 6.92 Å². The number of nitrogens with zero attached hydrogens (tertiary/aromatic N) is 1. The van der Waals surface area contributed by atoms with Crippen molar-refractivity contribution in [3.8, 4) is 0 Å². The molecule has 0 bridgehead atoms. The van der Waals surface area contributed by atoms with Gasteiger partial charge in [0.05, 0.1) is 17.5 Å². The van der Waals surface area contributed by atoms with Crippen molar-refractivity contribution < 1.29 is 36.3 Å². The van der Waals surface area contributed by atoms with Crippen molar-refractivity contribution in [3.63, 3.8) is 0 Å². The number of nitrogens with one attached hydrogen (secondary N) is 1. The first-order valence-corrected chi connectivity index (χ1v) is 9.34. The number of carbonyl (C=O) groups is 2. The van der Waals surface area contributed by atoms with Crippen LogP contribution >= 0.6 is 0 Å². The minimum absolute atomic E-state index is 0.0806. The highest BCUT2D eigenvalue weighted by Gasteiger charge is 2.64. The second kappa shape index (κ2) is 6.45. The Labute approximate surface area is 147 Å². The lowest BCUT2D eigenvalue weighted by Gasteiger charge is -2.27. The summed E-state index contributed by atoms with van der Waals surface area (Å²) in [5.41, 5.74) is -2.66. The third-order valence-corrected chi connectivity index (χ3v) is 4.80. The lowest BCUT2D eigenvalue weighted by atomic mass is 9.86. The van der Waals surface area contributed by atoms with Crippen LogP contribution in [-0.2, 0) is 14.8 Å². The third-order valence-electron chi connectivity index (χ3n) is 4.21. The smallest absolute Gasteiger partial charge is 0.406 e. The van der Waals surface area contributed by atoms with Crippen LogP contribution in [0.1, 0.15) is 22.3 Å². The molecule has 1 aromatic rings. The number of alkyl halides is 3. The molecule has 1 saturated heterocycles. The maximum atomic E-state index is 13.3. The molecule has 1 heterocycles. The number of anilines is 1. The van der Waals surface area contributed by atoms with Crippen molar-refractivity contribution >= 4 is 27.6 Å². The number of carbonyl (C=O) groups excluding carboxylic acids is 1. The van der Waals surface area contributed by atoms with Gasteiger partial charge in [-0.05, 0) is 25.5 Å². The highest BCUT2D eigenvalue weighted by Crippen LogP contribution is 2.46. The monoisotopic (exact) mass is 394 g/mol. The van der Waals surface area contributed by atoms with Gasteiger partial charge in [-0.15, -0.1) is 0 Å². The molecular formula is C15H17F3N2O5S. The number of likely N-dealkylation sites (tertiary alicyclic amines) is 1. The summed E-state index contributed by atoms with van der Waals surface area (Å²) in [5, 5.41) is 9.07. The maximum Gasteiger partial charge on any atom is 0.406 e. The van der Waals surface area contributed by atoms with Gasteiger partial charge in [-0.3, -0.25) is 14.3 Å². The van der Waals surface area contributed by atoms with Crippen LogP contribution in [0.4, 0.5) is 18.9 Å². The van der Waals surface area contributed by atoms with E-state index in [4.69, 9.17) is 5.11 Å². The van der Waals surface area contributed by atoms with E-state index in [2.05, 4.69) is 4.72 Å². The number of carboxylic acids is 1. The van der Waals surface area contributed by atoms with Crippen molar-refractivity contribution in [2.45, 2.75) is 19.5 Å². The average Bonchev–Trinajstić information content (AvgIpc) is 2.93. The highest BCUT2D eigenvalue weighted by molar-refractivity contribution is 7.92. The van der Waals surface area contributed by atoms with Crippen LogP contribution in [0.15, 0.2) is 18.2 Å². The molecule has 1 fully saturated rings. The fourth-order valence-electron chi connectivity index (χ4n) is 2.80. The lowest BCUT2D eigenvalue weighted by Crippen LogP contribution is -2.47. The zero-order valence-electron chi connectivity index (χ0n) is 13.9. The predicted octanol–water partition coefficient (Wildman–Crippen LogP) is 1.85. The number of hydrogen-bond acceptors (Lipinski definition) is 4. The summed E-state index contributed by atoms with van der Waals surface area (Å²) >= 11 is 0. The summed E-state index contributed by atoms with van der Waals surface area (Å²) in [6.07, 6.45) is -4.91. The van der Waals surface area contributed by atoms with Gasteiger partial charge in [0.15, 0.2) is 5.41 Å². The first-order valence-electron chi connectivity index (χ1n) is 7.45. The molecular weight excluding hydrogens is 377 g/mol. The normalized spacial score (nSPS) is 20.9. The molecule has 1 unspecified atom stereocenters. The Morgan fingerprint density at radius 1 is 1.31 bits per heavy atom. The van der Waals surface area contributed by atoms with Gasteiger partial charge >= 0.3 is 12.1 Å². The van der Waals surface area contributed by atoms with Crippen molar-refractivity contribution in [1.82, 2.24) is 4.90 Å². The van der Waals surface area contributed by atoms with E-state index >= 15 is 0 Å². The molecule has 7 nitrogen and oxygen atoms in total. The van der Waals surface area contributed by atoms with Gasteiger partial charge in [0.2, 0.25) is 10.0 Å². The SMILES string of the molecule is Cc1ccc(NS(C)(=O)=O)c(C(=O)N2CCC(C(=O)O)(C(F)(F)F)C2)c1. The van der Waals surface area contributed by atoms with Crippen LogP contribution in [0, 0.1) is 12.3 Å². The van der Waals surface area contributed by atoms with Crippen LogP contribution in [-0.4, -0.2) is 55.8 Å². The zero-order chi connectivity index (χ0) is 19.9. The molecule has 1 aromatic carbocycles. The van der Waals surface area contributed by atoms with E-state index in [1.807, 2.05) is 0 Å². The van der Waals surface area contributed by atoms with E-state index in [0.717, 1.165) is 11.2 Å². The Morgan fingerprint density at radius 2 is 1.92 bits per heavy atom. The molecule has 1 aliphatic rings. The van der Waals surface area contributed by atoms with Gasteiger partial charge in [0, 0.05) is 13.1 Å². The van der Waals surface area contributed by atoms with Crippen LogP contribution in [0.3, 0.4) is 0 Å². The minimum atomic E-state index is -5.02. The van der Waals surface area contributed by atoms with Gasteiger partial charge in [-0.1, -0.05) is 11.6 Å². The Hall–Kier alpha value is -2.30. The first-order chi connectivity index (χ1) is 11.8. The molecule has 1 aliphatic heterocycles. The van der Waals surface area contributed by atoms with Crippen molar-refractivity contribution in [2.24, 2.45) is 5.41 Å². The first kappa shape index (κ1) is 20.0. The van der Waals surface area contributed by atoms with Crippen LogP contribution < -0.4 is 4.72 Å². The molecule has 1 amide bonds. The molecule has 26 heavy (non-hydrogen) atoms. The largest absolute Gasteiger partial charge is 0.481 e. The van der Waals surface area contributed by atoms with E-state index in [0.29, 0.717) is 5.56 Å². The molecule has 0 spiro atoms. The number of halogens is 3. The van der Waals surface area contributed by atoms with E-state index in [-0.39, 0.29) is 11.3 Å². The number of aliphatic carboxylic acids is 1. The Morgan fingerprint density at radius 3 is 2.38 bits per heavy atom. The molecule has 1 atom stereocenters. The highest BCUT2D eigenvalue weighted by atomic mass is 32.2. The maximum absolute atomic E-state index is 13.3. The predicted molar refractivity (Wildman–Crippen MR) is 86.3 cm³/mol. The number of aryl methyl sites for hydroxylation is 1. The zero-order valence-corrected chi connectivity index (χ0v) is 14.7. The summed E-state index contributed by atoms with van der Waals surface area (Å²) in [6.45, 7) is 0.191. The fourth-order valence-corrected chi connectivity index (χ4v) is 3.38. The van der Waals surface area contributed by atoms with Gasteiger partial charge < -0.3 is 10.0 Å². The number of hydrogen-bond donors (Lipinski definition) is 2. The van der Waals surface area contributed by atoms with Crippen LogP contribution in [0.25, 0.3) is 0 Å². The van der Waals surface area contributed by atoms with Gasteiger partial charge in [-0.2, -0.15) is 13.2 Å². The van der Waals surface area contributed by atoms with Crippen LogP contribution in [0.2, 0.25) is 0 Å². The van der Waals surface area contributed by atoms with Gasteiger partial charge in [0.1, 0.15) is 0 Å². The average molecular weight is 394 g/mol. The minimum Gasteiger partial charge on any atom is -0.481 e. The molecule has 0 radical (unpaired) electrons. The van der Waals surface area contributed by atoms with Crippen molar-refractivity contribution in [1.29, 1.82) is 0 Å². The molecule has 11 heteroatoms. The number of benzene rings is 1. The Balaban J connectivity index is 2.39. The summed E-state index contributed by atoms with van der Waals surface area (Å²) < 4.78 is 64.8. The van der Waals surface area contributed by atoms with E-state index in [1.165, 1.54) is 18.2 Å². The summed E-state index contributed by atoms with van der Waals surface area (Å²) in [6, 6.07) is 4.20. The van der Waals surface area contributed by atoms with Crippen molar-refractivity contribution in [2.75, 3.05) is 24.1 Å². The Kier molecular flexibility index (Phi) is 4.97. The quantitative estimate of drug-likeness (QED) is 0.811. The van der Waals surface area contributed by atoms with Crippen molar-refractivity contribution in [3.05, 3.63) is 29.3 Å². The standard InChI is InChI=1S/C15H17F3N2O5S/c1-9-3-4-11(19-26(2,24)25)10(7-9)12(21)20-6-5-14(8-20,13(22)23)15(16,17)18/h3-4,7,19H,5-6,8H2,1-2H3,(H,22,23). The molecule has 0 aromatic heterocycles. The fraction of sp³-hybridized carbons (Fsp3) is 0.467. The molecule has 0 saturated carbocycles. The molecule has 2 rings (SSSR count). The summed E-state index contributed by atoms with van der Waals surface area (Å²) in [4.78, 5) is 24.7. The van der Waals surface area contributed by atoms with Gasteiger partial charge in [0.25, 0.3) is 5.91 Å². The molecule has 0 aliphatic carbocycles. The number of amides is 1. The number of rotatable bonds is 4. The topological polar surface area (TPSA) is 104 Å².